The first-order chi connectivity index (χ1) is 17.7. The molecule has 0 aromatic heterocycles. The number of hydrogen-bond donors (Lipinski definition) is 1. The van der Waals surface area contributed by atoms with Gasteiger partial charge >= 0.3 is 12.0 Å². The third-order valence-electron chi connectivity index (χ3n) is 5.95. The maximum Gasteiger partial charge on any atom is 0.337 e. The molecule has 188 valence electrons. The van der Waals surface area contributed by atoms with E-state index in [-0.39, 0.29) is 16.8 Å². The zero-order valence-corrected chi connectivity index (χ0v) is 21.0. The van der Waals surface area contributed by atoms with Gasteiger partial charge in [0.25, 0.3) is 11.8 Å². The smallest absolute Gasteiger partial charge is 0.337 e. The van der Waals surface area contributed by atoms with Gasteiger partial charge in [0, 0.05) is 6.42 Å². The Morgan fingerprint density at radius 2 is 1.59 bits per heavy atom. The monoisotopic (exact) mass is 498 g/mol. The number of ether oxygens (including phenoxy) is 2. The molecule has 3 aromatic carbocycles. The van der Waals surface area contributed by atoms with Crippen LogP contribution in [-0.2, 0) is 20.7 Å². The minimum absolute atomic E-state index is 0.204. The van der Waals surface area contributed by atoms with Crippen LogP contribution < -0.4 is 15.0 Å². The highest BCUT2D eigenvalue weighted by Crippen LogP contribution is 2.27. The van der Waals surface area contributed by atoms with Gasteiger partial charge in [0.1, 0.15) is 11.3 Å². The van der Waals surface area contributed by atoms with Crippen LogP contribution in [0.15, 0.2) is 66.2 Å². The molecule has 0 atom stereocenters. The zero-order chi connectivity index (χ0) is 26.7. The van der Waals surface area contributed by atoms with E-state index in [0.29, 0.717) is 17.7 Å². The molecule has 37 heavy (non-hydrogen) atoms. The van der Waals surface area contributed by atoms with Crippen molar-refractivity contribution in [3.8, 4) is 5.75 Å². The summed E-state index contributed by atoms with van der Waals surface area (Å²) in [7, 11) is 2.82. The number of carbonyl (C=O) groups is 4. The third-order valence-corrected chi connectivity index (χ3v) is 5.95. The second-order valence-electron chi connectivity index (χ2n) is 8.74. The van der Waals surface area contributed by atoms with Crippen LogP contribution in [0, 0.1) is 13.8 Å². The summed E-state index contributed by atoms with van der Waals surface area (Å²) in [6.45, 7) is 4.10. The molecule has 0 spiro atoms. The van der Waals surface area contributed by atoms with Gasteiger partial charge in [0.2, 0.25) is 0 Å². The van der Waals surface area contributed by atoms with E-state index in [2.05, 4.69) is 42.1 Å². The summed E-state index contributed by atoms with van der Waals surface area (Å²) < 4.78 is 10.3. The number of nitrogens with zero attached hydrogens (tertiary/aromatic N) is 1. The second-order valence-corrected chi connectivity index (χ2v) is 8.74. The lowest BCUT2D eigenvalue weighted by atomic mass is 9.98. The SMILES string of the molecule is COC(=O)c1ccc(N2C(=O)NC(=O)/C(=C\c3ccc(Cc4cc(C)cc(C)c4)c(OC)c3)C2=O)cc1. The molecule has 0 aliphatic carbocycles. The van der Waals surface area contributed by atoms with E-state index in [1.54, 1.807) is 19.2 Å². The molecule has 8 nitrogen and oxygen atoms in total. The molecule has 4 rings (SSSR count). The van der Waals surface area contributed by atoms with Crippen molar-refractivity contribution in [2.45, 2.75) is 20.3 Å². The molecule has 1 heterocycles. The quantitative estimate of drug-likeness (QED) is 0.308. The van der Waals surface area contributed by atoms with Gasteiger partial charge in [0.05, 0.1) is 25.5 Å². The molecular weight excluding hydrogens is 472 g/mol. The van der Waals surface area contributed by atoms with E-state index in [1.807, 2.05) is 6.07 Å². The summed E-state index contributed by atoms with van der Waals surface area (Å²) in [5.41, 5.74) is 5.28. The number of rotatable bonds is 6. The van der Waals surface area contributed by atoms with E-state index < -0.39 is 23.8 Å². The minimum Gasteiger partial charge on any atom is -0.496 e. The standard InChI is InChI=1S/C29H26N2O6/c1-17-11-18(2)13-20(12-17)14-22-6-5-19(16-25(22)36-3)15-24-26(32)30-29(35)31(27(24)33)23-9-7-21(8-10-23)28(34)37-4/h5-13,15-16H,14H2,1-4H3,(H,30,32,35)/b24-15+. The Kier molecular flexibility index (Phi) is 7.20. The van der Waals surface area contributed by atoms with Crippen molar-refractivity contribution >= 4 is 35.6 Å². The number of benzene rings is 3. The second kappa shape index (κ2) is 10.5. The van der Waals surface area contributed by atoms with Crippen LogP contribution in [0.5, 0.6) is 5.75 Å². The van der Waals surface area contributed by atoms with Crippen LogP contribution in [0.4, 0.5) is 10.5 Å². The van der Waals surface area contributed by atoms with Crippen LogP contribution in [0.3, 0.4) is 0 Å². The lowest BCUT2D eigenvalue weighted by molar-refractivity contribution is -0.122. The lowest BCUT2D eigenvalue weighted by Crippen LogP contribution is -2.54. The number of esters is 1. The summed E-state index contributed by atoms with van der Waals surface area (Å²) in [6, 6.07) is 16.6. The third kappa shape index (κ3) is 5.43. The summed E-state index contributed by atoms with van der Waals surface area (Å²) in [5.74, 6) is -1.51. The normalized spacial score (nSPS) is 14.5. The van der Waals surface area contributed by atoms with Gasteiger partial charge in [-0.15, -0.1) is 0 Å². The number of anilines is 1. The van der Waals surface area contributed by atoms with Gasteiger partial charge in [0.15, 0.2) is 0 Å². The Balaban J connectivity index is 1.63. The van der Waals surface area contributed by atoms with Crippen molar-refractivity contribution in [2.24, 2.45) is 0 Å². The highest BCUT2D eigenvalue weighted by Gasteiger charge is 2.36. The van der Waals surface area contributed by atoms with Gasteiger partial charge in [-0.1, -0.05) is 41.5 Å². The van der Waals surface area contributed by atoms with Gasteiger partial charge in [-0.05, 0) is 66.9 Å². The number of urea groups is 1. The molecule has 1 saturated heterocycles. The first-order valence-corrected chi connectivity index (χ1v) is 11.5. The average Bonchev–Trinajstić information content (AvgIpc) is 2.86. The molecular formula is C29H26N2O6. The topological polar surface area (TPSA) is 102 Å². The highest BCUT2D eigenvalue weighted by molar-refractivity contribution is 6.39. The minimum atomic E-state index is -0.876. The molecule has 1 aliphatic rings. The van der Waals surface area contributed by atoms with E-state index in [4.69, 9.17) is 4.74 Å². The maximum atomic E-state index is 13.2. The van der Waals surface area contributed by atoms with Gasteiger partial charge in [-0.2, -0.15) is 0 Å². The predicted octanol–water partition coefficient (Wildman–Crippen LogP) is 4.36. The number of imide groups is 2. The lowest BCUT2D eigenvalue weighted by Gasteiger charge is -2.26. The first kappa shape index (κ1) is 25.4. The number of barbiturate groups is 1. The van der Waals surface area contributed by atoms with Crippen molar-refractivity contribution in [1.82, 2.24) is 5.32 Å². The fourth-order valence-electron chi connectivity index (χ4n) is 4.31. The molecule has 0 radical (unpaired) electrons. The van der Waals surface area contributed by atoms with E-state index in [0.717, 1.165) is 16.0 Å². The van der Waals surface area contributed by atoms with E-state index in [1.165, 1.54) is 48.6 Å². The Hall–Kier alpha value is -4.72. The van der Waals surface area contributed by atoms with Crippen LogP contribution in [0.25, 0.3) is 6.08 Å². The first-order valence-electron chi connectivity index (χ1n) is 11.5. The van der Waals surface area contributed by atoms with Crippen molar-refractivity contribution in [1.29, 1.82) is 0 Å². The number of methoxy groups -OCH3 is 2. The summed E-state index contributed by atoms with van der Waals surface area (Å²) in [4.78, 5) is 50.8. The molecule has 1 fully saturated rings. The Morgan fingerprint density at radius 1 is 0.919 bits per heavy atom. The largest absolute Gasteiger partial charge is 0.496 e. The molecule has 1 N–H and O–H groups in total. The summed E-state index contributed by atoms with van der Waals surface area (Å²) in [6.07, 6.45) is 2.08. The predicted molar refractivity (Wildman–Crippen MR) is 138 cm³/mol. The molecule has 8 heteroatoms. The maximum absolute atomic E-state index is 13.2. The van der Waals surface area contributed by atoms with E-state index in [9.17, 15) is 19.2 Å². The molecule has 0 unspecified atom stereocenters. The van der Waals surface area contributed by atoms with Crippen LogP contribution in [-0.4, -0.2) is 38.0 Å². The van der Waals surface area contributed by atoms with Crippen LogP contribution in [0.1, 0.15) is 38.2 Å². The van der Waals surface area contributed by atoms with E-state index >= 15 is 0 Å². The Labute approximate surface area is 214 Å². The Morgan fingerprint density at radius 3 is 2.22 bits per heavy atom. The van der Waals surface area contributed by atoms with Crippen molar-refractivity contribution in [3.05, 3.63) is 99.6 Å². The zero-order valence-electron chi connectivity index (χ0n) is 21.0. The number of carbonyl (C=O) groups excluding carboxylic acids is 4. The summed E-state index contributed by atoms with van der Waals surface area (Å²) in [5, 5.41) is 2.20. The number of amides is 4. The highest BCUT2D eigenvalue weighted by atomic mass is 16.5. The number of nitrogens with one attached hydrogen (secondary N) is 1. The average molecular weight is 499 g/mol. The molecule has 3 aromatic rings. The van der Waals surface area contributed by atoms with Crippen LogP contribution in [0.2, 0.25) is 0 Å². The van der Waals surface area contributed by atoms with Crippen molar-refractivity contribution in [3.63, 3.8) is 0 Å². The Bertz CT molecular complexity index is 1420. The number of hydrogen-bond acceptors (Lipinski definition) is 6. The summed E-state index contributed by atoms with van der Waals surface area (Å²) >= 11 is 0. The molecule has 0 bridgehead atoms. The fraction of sp³-hybridized carbons (Fsp3) is 0.172. The van der Waals surface area contributed by atoms with Gasteiger partial charge in [-0.3, -0.25) is 14.9 Å². The van der Waals surface area contributed by atoms with Crippen molar-refractivity contribution < 1.29 is 28.7 Å². The number of aryl methyl sites for hydroxylation is 2. The molecule has 0 saturated carbocycles. The van der Waals surface area contributed by atoms with Crippen LogP contribution >= 0.6 is 0 Å². The fourth-order valence-corrected chi connectivity index (χ4v) is 4.31. The molecule has 1 aliphatic heterocycles. The van der Waals surface area contributed by atoms with Crippen molar-refractivity contribution in [2.75, 3.05) is 19.1 Å². The molecule has 4 amide bonds. The van der Waals surface area contributed by atoms with Gasteiger partial charge < -0.3 is 9.47 Å². The van der Waals surface area contributed by atoms with Gasteiger partial charge in [-0.25, -0.2) is 14.5 Å².